The topological polar surface area (TPSA) is 17.8 Å². The van der Waals surface area contributed by atoms with Crippen LogP contribution in [0.2, 0.25) is 0 Å². The van der Waals surface area contributed by atoms with Crippen LogP contribution in [0.25, 0.3) is 0 Å². The SMILES string of the molecule is CCCCCCCCCCCCC(c1nccn1Cc1ccccc1)C(C)(Cc1ccccc1)c1ccccc1. The van der Waals surface area contributed by atoms with Crippen molar-refractivity contribution in [1.29, 1.82) is 0 Å². The zero-order valence-electron chi connectivity index (χ0n) is 25.0. The molecule has 212 valence electrons. The molecule has 0 spiro atoms. The maximum atomic E-state index is 5.07. The minimum Gasteiger partial charge on any atom is -0.330 e. The molecule has 0 saturated heterocycles. The summed E-state index contributed by atoms with van der Waals surface area (Å²) < 4.78 is 2.41. The molecule has 4 aromatic rings. The average molecular weight is 535 g/mol. The predicted molar refractivity (Wildman–Crippen MR) is 171 cm³/mol. The van der Waals surface area contributed by atoms with E-state index in [0.717, 1.165) is 19.4 Å². The van der Waals surface area contributed by atoms with Crippen LogP contribution in [0.4, 0.5) is 0 Å². The van der Waals surface area contributed by atoms with Crippen LogP contribution in [0.15, 0.2) is 103 Å². The van der Waals surface area contributed by atoms with E-state index in [1.165, 1.54) is 86.7 Å². The highest BCUT2D eigenvalue weighted by atomic mass is 15.1. The lowest BCUT2D eigenvalue weighted by Gasteiger charge is -2.39. The number of benzene rings is 3. The highest BCUT2D eigenvalue weighted by molar-refractivity contribution is 5.33. The molecule has 2 nitrogen and oxygen atoms in total. The molecule has 0 fully saturated rings. The first-order valence-corrected chi connectivity index (χ1v) is 15.8. The monoisotopic (exact) mass is 534 g/mol. The molecule has 0 N–H and O–H groups in total. The maximum Gasteiger partial charge on any atom is 0.112 e. The van der Waals surface area contributed by atoms with Gasteiger partial charge in [-0.2, -0.15) is 0 Å². The highest BCUT2D eigenvalue weighted by Gasteiger charge is 2.39. The first-order chi connectivity index (χ1) is 19.7. The van der Waals surface area contributed by atoms with Crippen LogP contribution < -0.4 is 0 Å². The molecule has 2 heteroatoms. The van der Waals surface area contributed by atoms with Crippen molar-refractivity contribution in [3.8, 4) is 0 Å². The number of unbranched alkanes of at least 4 members (excludes halogenated alkanes) is 9. The Hall–Kier alpha value is -3.13. The Kier molecular flexibility index (Phi) is 12.1. The fraction of sp³-hybridized carbons (Fsp3) is 0.447. The second-order valence-electron chi connectivity index (χ2n) is 11.9. The Morgan fingerprint density at radius 2 is 1.18 bits per heavy atom. The molecular weight excluding hydrogens is 484 g/mol. The van der Waals surface area contributed by atoms with Gasteiger partial charge in [0.1, 0.15) is 5.82 Å². The van der Waals surface area contributed by atoms with E-state index >= 15 is 0 Å². The van der Waals surface area contributed by atoms with Crippen molar-refractivity contribution in [1.82, 2.24) is 9.55 Å². The zero-order chi connectivity index (χ0) is 27.9. The normalized spacial score (nSPS) is 13.7. The minimum atomic E-state index is -0.0678. The van der Waals surface area contributed by atoms with Gasteiger partial charge in [0.2, 0.25) is 0 Å². The van der Waals surface area contributed by atoms with Gasteiger partial charge in [0.25, 0.3) is 0 Å². The third kappa shape index (κ3) is 8.68. The van der Waals surface area contributed by atoms with Crippen molar-refractivity contribution in [2.24, 2.45) is 0 Å². The summed E-state index contributed by atoms with van der Waals surface area (Å²) in [4.78, 5) is 5.07. The van der Waals surface area contributed by atoms with Crippen LogP contribution in [0.1, 0.15) is 113 Å². The summed E-state index contributed by atoms with van der Waals surface area (Å²) in [7, 11) is 0. The summed E-state index contributed by atoms with van der Waals surface area (Å²) in [5.74, 6) is 1.55. The number of nitrogens with zero attached hydrogens (tertiary/aromatic N) is 2. The number of rotatable bonds is 18. The van der Waals surface area contributed by atoms with E-state index in [4.69, 9.17) is 4.98 Å². The summed E-state index contributed by atoms with van der Waals surface area (Å²) in [5.41, 5.74) is 4.05. The van der Waals surface area contributed by atoms with Gasteiger partial charge in [-0.25, -0.2) is 4.98 Å². The number of hydrogen-bond donors (Lipinski definition) is 0. The van der Waals surface area contributed by atoms with E-state index in [1.807, 2.05) is 6.20 Å². The summed E-state index contributed by atoms with van der Waals surface area (Å²) in [5, 5.41) is 0. The third-order valence-electron chi connectivity index (χ3n) is 8.72. The fourth-order valence-electron chi connectivity index (χ4n) is 6.38. The Morgan fingerprint density at radius 3 is 1.77 bits per heavy atom. The maximum absolute atomic E-state index is 5.07. The summed E-state index contributed by atoms with van der Waals surface area (Å²) in [6, 6.07) is 33.1. The van der Waals surface area contributed by atoms with Gasteiger partial charge in [0.15, 0.2) is 0 Å². The lowest BCUT2D eigenvalue weighted by Crippen LogP contribution is -2.35. The van der Waals surface area contributed by atoms with E-state index < -0.39 is 0 Å². The molecule has 0 saturated carbocycles. The van der Waals surface area contributed by atoms with Crippen LogP contribution in [0.3, 0.4) is 0 Å². The molecule has 2 atom stereocenters. The van der Waals surface area contributed by atoms with Crippen molar-refractivity contribution < 1.29 is 0 Å². The Morgan fingerprint density at radius 1 is 0.650 bits per heavy atom. The number of aromatic nitrogens is 2. The van der Waals surface area contributed by atoms with Crippen molar-refractivity contribution in [2.45, 2.75) is 109 Å². The van der Waals surface area contributed by atoms with Gasteiger partial charge in [-0.1, -0.05) is 169 Å². The third-order valence-corrected chi connectivity index (χ3v) is 8.72. The van der Waals surface area contributed by atoms with Gasteiger partial charge in [0, 0.05) is 30.3 Å². The lowest BCUT2D eigenvalue weighted by molar-refractivity contribution is 0.324. The molecule has 0 aliphatic rings. The molecule has 3 aromatic carbocycles. The van der Waals surface area contributed by atoms with E-state index in [9.17, 15) is 0 Å². The molecule has 0 aliphatic heterocycles. The predicted octanol–water partition coefficient (Wildman–Crippen LogP) is 10.5. The molecule has 2 unspecified atom stereocenters. The van der Waals surface area contributed by atoms with Crippen molar-refractivity contribution in [3.05, 3.63) is 126 Å². The fourth-order valence-corrected chi connectivity index (χ4v) is 6.38. The Labute approximate surface area is 243 Å². The lowest BCUT2D eigenvalue weighted by atomic mass is 9.66. The van der Waals surface area contributed by atoms with E-state index in [-0.39, 0.29) is 5.41 Å². The minimum absolute atomic E-state index is 0.0678. The van der Waals surface area contributed by atoms with Gasteiger partial charge in [-0.15, -0.1) is 0 Å². The first kappa shape index (κ1) is 29.8. The molecular formula is C38H50N2. The highest BCUT2D eigenvalue weighted by Crippen LogP contribution is 2.44. The van der Waals surface area contributed by atoms with Crippen molar-refractivity contribution >= 4 is 0 Å². The molecule has 1 heterocycles. The first-order valence-electron chi connectivity index (χ1n) is 15.8. The van der Waals surface area contributed by atoms with Gasteiger partial charge < -0.3 is 4.57 Å². The Balaban J connectivity index is 1.54. The largest absolute Gasteiger partial charge is 0.330 e. The smallest absolute Gasteiger partial charge is 0.112 e. The van der Waals surface area contributed by atoms with Gasteiger partial charge >= 0.3 is 0 Å². The van der Waals surface area contributed by atoms with Crippen LogP contribution >= 0.6 is 0 Å². The zero-order valence-corrected chi connectivity index (χ0v) is 25.0. The van der Waals surface area contributed by atoms with E-state index in [1.54, 1.807) is 0 Å². The molecule has 1 aromatic heterocycles. The molecule has 0 radical (unpaired) electrons. The number of imidazole rings is 1. The number of hydrogen-bond acceptors (Lipinski definition) is 1. The van der Waals surface area contributed by atoms with E-state index in [2.05, 4.69) is 116 Å². The van der Waals surface area contributed by atoms with Gasteiger partial charge in [0.05, 0.1) is 0 Å². The van der Waals surface area contributed by atoms with Gasteiger partial charge in [-0.3, -0.25) is 0 Å². The summed E-state index contributed by atoms with van der Waals surface area (Å²) >= 11 is 0. The second kappa shape index (κ2) is 16.2. The quantitative estimate of drug-likeness (QED) is 0.116. The van der Waals surface area contributed by atoms with Crippen molar-refractivity contribution in [2.75, 3.05) is 0 Å². The summed E-state index contributed by atoms with van der Waals surface area (Å²) in [6.07, 6.45) is 20.0. The molecule has 0 aliphatic carbocycles. The van der Waals surface area contributed by atoms with E-state index in [0.29, 0.717) is 5.92 Å². The second-order valence-corrected chi connectivity index (χ2v) is 11.9. The average Bonchev–Trinajstić information content (AvgIpc) is 3.44. The van der Waals surface area contributed by atoms with Crippen LogP contribution in [-0.4, -0.2) is 9.55 Å². The summed E-state index contributed by atoms with van der Waals surface area (Å²) in [6.45, 7) is 5.64. The standard InChI is InChI=1S/C38H50N2/c1-3-4-5-6-7-8-9-10-11-21-28-36(37-39-29-30-40(37)32-34-24-17-13-18-25-34)38(2,35-26-19-14-20-27-35)31-33-22-15-12-16-23-33/h12-20,22-27,29-30,36H,3-11,21,28,31-32H2,1-2H3. The molecule has 40 heavy (non-hydrogen) atoms. The Bertz CT molecular complexity index is 1200. The van der Waals surface area contributed by atoms with Crippen LogP contribution in [0, 0.1) is 0 Å². The molecule has 4 rings (SSSR count). The van der Waals surface area contributed by atoms with Gasteiger partial charge in [-0.05, 0) is 29.5 Å². The van der Waals surface area contributed by atoms with Crippen molar-refractivity contribution in [3.63, 3.8) is 0 Å². The molecule has 0 bridgehead atoms. The van der Waals surface area contributed by atoms with Crippen LogP contribution in [0.5, 0.6) is 0 Å². The molecule has 0 amide bonds. The van der Waals surface area contributed by atoms with Crippen LogP contribution in [-0.2, 0) is 18.4 Å².